The number of pyridine rings is 1. The molecule has 0 saturated heterocycles. The van der Waals surface area contributed by atoms with E-state index in [1.54, 1.807) is 36.7 Å². The molecule has 7 heteroatoms. The van der Waals surface area contributed by atoms with Crippen molar-refractivity contribution in [2.45, 2.75) is 6.42 Å². The zero-order chi connectivity index (χ0) is 19.1. The van der Waals surface area contributed by atoms with Crippen molar-refractivity contribution >= 4 is 17.3 Å². The van der Waals surface area contributed by atoms with Crippen LogP contribution in [0.5, 0.6) is 5.75 Å². The Morgan fingerprint density at radius 1 is 1.00 bits per heavy atom. The number of carbonyl (C=O) groups is 1. The number of ether oxygens (including phenoxy) is 1. The average Bonchev–Trinajstić information content (AvgIpc) is 2.69. The number of hydrogen-bond donors (Lipinski definition) is 1. The van der Waals surface area contributed by atoms with E-state index in [1.807, 2.05) is 24.3 Å². The summed E-state index contributed by atoms with van der Waals surface area (Å²) in [6, 6.07) is 17.3. The van der Waals surface area contributed by atoms with Crippen molar-refractivity contribution in [3.63, 3.8) is 0 Å². The number of aromatic nitrogens is 1. The summed E-state index contributed by atoms with van der Waals surface area (Å²) in [6.07, 6.45) is 4.28. The van der Waals surface area contributed by atoms with E-state index in [1.165, 1.54) is 12.1 Å². The zero-order valence-corrected chi connectivity index (χ0v) is 14.4. The Hall–Kier alpha value is -3.74. The van der Waals surface area contributed by atoms with Crippen LogP contribution in [0.25, 0.3) is 0 Å². The highest BCUT2D eigenvalue weighted by atomic mass is 16.6. The molecule has 2 aromatic carbocycles. The highest BCUT2D eigenvalue weighted by molar-refractivity contribution is 5.91. The number of rotatable bonds is 7. The van der Waals surface area contributed by atoms with Gasteiger partial charge in [-0.25, -0.2) is 0 Å². The highest BCUT2D eigenvalue weighted by Crippen LogP contribution is 2.25. The molecular weight excluding hydrogens is 346 g/mol. The molecule has 7 nitrogen and oxygen atoms in total. The Balaban J connectivity index is 1.54. The van der Waals surface area contributed by atoms with E-state index in [0.29, 0.717) is 5.69 Å². The standard InChI is InChI=1S/C20H17N3O4/c24-20(14-27-19-4-2-1-3-18(19)23(25)26)22-17-7-5-15(6-8-17)13-16-9-11-21-12-10-16/h1-12H,13-14H2,(H,22,24). The first-order valence-corrected chi connectivity index (χ1v) is 8.26. The third-order valence-corrected chi connectivity index (χ3v) is 3.82. The minimum absolute atomic E-state index is 0.0605. The molecule has 1 heterocycles. The number of nitro groups is 1. The van der Waals surface area contributed by atoms with Crippen molar-refractivity contribution in [1.82, 2.24) is 4.98 Å². The summed E-state index contributed by atoms with van der Waals surface area (Å²) < 4.78 is 5.28. The van der Waals surface area contributed by atoms with Gasteiger partial charge >= 0.3 is 5.69 Å². The largest absolute Gasteiger partial charge is 0.477 e. The van der Waals surface area contributed by atoms with E-state index in [-0.39, 0.29) is 18.0 Å². The maximum Gasteiger partial charge on any atom is 0.310 e. The van der Waals surface area contributed by atoms with Gasteiger partial charge in [0.15, 0.2) is 12.4 Å². The van der Waals surface area contributed by atoms with Crippen LogP contribution < -0.4 is 10.1 Å². The van der Waals surface area contributed by atoms with Gasteiger partial charge in [-0.1, -0.05) is 24.3 Å². The molecule has 27 heavy (non-hydrogen) atoms. The lowest BCUT2D eigenvalue weighted by molar-refractivity contribution is -0.385. The number of nitrogens with one attached hydrogen (secondary N) is 1. The third kappa shape index (κ3) is 5.12. The van der Waals surface area contributed by atoms with Gasteiger partial charge in [0, 0.05) is 24.1 Å². The number of nitrogens with zero attached hydrogens (tertiary/aromatic N) is 2. The van der Waals surface area contributed by atoms with E-state index in [2.05, 4.69) is 10.3 Å². The van der Waals surface area contributed by atoms with E-state index in [9.17, 15) is 14.9 Å². The highest BCUT2D eigenvalue weighted by Gasteiger charge is 2.14. The molecular formula is C20H17N3O4. The summed E-state index contributed by atoms with van der Waals surface area (Å²) in [4.78, 5) is 26.4. The van der Waals surface area contributed by atoms with Gasteiger partial charge in [-0.3, -0.25) is 19.9 Å². The molecule has 0 radical (unpaired) electrons. The predicted molar refractivity (Wildman–Crippen MR) is 101 cm³/mol. The fourth-order valence-corrected chi connectivity index (χ4v) is 2.51. The van der Waals surface area contributed by atoms with Gasteiger partial charge in [-0.15, -0.1) is 0 Å². The number of benzene rings is 2. The van der Waals surface area contributed by atoms with E-state index in [0.717, 1.165) is 17.5 Å². The predicted octanol–water partition coefficient (Wildman–Crippen LogP) is 3.60. The van der Waals surface area contributed by atoms with Gasteiger partial charge in [0.2, 0.25) is 0 Å². The van der Waals surface area contributed by atoms with Crippen molar-refractivity contribution < 1.29 is 14.5 Å². The number of hydrogen-bond acceptors (Lipinski definition) is 5. The summed E-state index contributed by atoms with van der Waals surface area (Å²) >= 11 is 0. The second-order valence-electron chi connectivity index (χ2n) is 5.79. The molecule has 0 atom stereocenters. The molecule has 0 bridgehead atoms. The van der Waals surface area contributed by atoms with Crippen molar-refractivity contribution in [2.24, 2.45) is 0 Å². The summed E-state index contributed by atoms with van der Waals surface area (Å²) in [7, 11) is 0. The van der Waals surface area contributed by atoms with Gasteiger partial charge in [0.25, 0.3) is 5.91 Å². The zero-order valence-electron chi connectivity index (χ0n) is 14.4. The molecule has 0 aliphatic rings. The average molecular weight is 363 g/mol. The quantitative estimate of drug-likeness (QED) is 0.511. The Labute approximate surface area is 155 Å². The van der Waals surface area contributed by atoms with Crippen LogP contribution in [0.3, 0.4) is 0 Å². The van der Waals surface area contributed by atoms with Crippen LogP contribution in [0.2, 0.25) is 0 Å². The van der Waals surface area contributed by atoms with E-state index < -0.39 is 10.8 Å². The minimum atomic E-state index is -0.547. The second kappa shape index (κ2) is 8.57. The third-order valence-electron chi connectivity index (χ3n) is 3.82. The van der Waals surface area contributed by atoms with Crippen LogP contribution in [0, 0.1) is 10.1 Å². The molecule has 1 N–H and O–H groups in total. The fourth-order valence-electron chi connectivity index (χ4n) is 2.51. The van der Waals surface area contributed by atoms with Crippen molar-refractivity contribution in [3.8, 4) is 5.75 Å². The number of anilines is 1. The smallest absolute Gasteiger partial charge is 0.310 e. The summed E-state index contributed by atoms with van der Waals surface area (Å²) in [5, 5.41) is 13.7. The lowest BCUT2D eigenvalue weighted by Crippen LogP contribution is -2.20. The van der Waals surface area contributed by atoms with Gasteiger partial charge in [-0.05, 0) is 47.9 Å². The monoisotopic (exact) mass is 363 g/mol. The molecule has 0 aliphatic heterocycles. The van der Waals surface area contributed by atoms with Gasteiger partial charge in [-0.2, -0.15) is 0 Å². The van der Waals surface area contributed by atoms with Crippen LogP contribution in [0.1, 0.15) is 11.1 Å². The first-order valence-electron chi connectivity index (χ1n) is 8.26. The molecule has 1 aromatic heterocycles. The summed E-state index contributed by atoms with van der Waals surface area (Å²) in [5.41, 5.74) is 2.71. The molecule has 1 amide bonds. The Bertz CT molecular complexity index is 927. The Morgan fingerprint density at radius 3 is 2.37 bits per heavy atom. The lowest BCUT2D eigenvalue weighted by Gasteiger charge is -2.08. The van der Waals surface area contributed by atoms with Crippen LogP contribution >= 0.6 is 0 Å². The Kier molecular flexibility index (Phi) is 5.73. The topological polar surface area (TPSA) is 94.4 Å². The fraction of sp³-hybridized carbons (Fsp3) is 0.100. The summed E-state index contributed by atoms with van der Waals surface area (Å²) in [6.45, 7) is -0.316. The van der Waals surface area contributed by atoms with E-state index in [4.69, 9.17) is 4.74 Å². The van der Waals surface area contributed by atoms with Crippen molar-refractivity contribution in [2.75, 3.05) is 11.9 Å². The molecule has 3 rings (SSSR count). The second-order valence-corrected chi connectivity index (χ2v) is 5.79. The number of amides is 1. The maximum absolute atomic E-state index is 12.0. The van der Waals surface area contributed by atoms with Crippen LogP contribution in [0.4, 0.5) is 11.4 Å². The SMILES string of the molecule is O=C(COc1ccccc1[N+](=O)[O-])Nc1ccc(Cc2ccncc2)cc1. The van der Waals surface area contributed by atoms with Crippen molar-refractivity contribution in [3.05, 3.63) is 94.3 Å². The minimum Gasteiger partial charge on any atom is -0.477 e. The van der Waals surface area contributed by atoms with Crippen molar-refractivity contribution in [1.29, 1.82) is 0 Å². The maximum atomic E-state index is 12.0. The van der Waals surface area contributed by atoms with Gasteiger partial charge in [0.1, 0.15) is 0 Å². The molecule has 0 aliphatic carbocycles. The normalized spacial score (nSPS) is 10.2. The number of nitro benzene ring substituents is 1. The first-order chi connectivity index (χ1) is 13.1. The molecule has 3 aromatic rings. The van der Waals surface area contributed by atoms with Crippen LogP contribution in [-0.4, -0.2) is 22.4 Å². The Morgan fingerprint density at radius 2 is 1.67 bits per heavy atom. The lowest BCUT2D eigenvalue weighted by atomic mass is 10.1. The number of para-hydroxylation sites is 2. The molecule has 0 saturated carbocycles. The van der Waals surface area contributed by atoms with Gasteiger partial charge in [0.05, 0.1) is 4.92 Å². The molecule has 0 unspecified atom stereocenters. The summed E-state index contributed by atoms with van der Waals surface area (Å²) in [5.74, 6) is -0.333. The van der Waals surface area contributed by atoms with E-state index >= 15 is 0 Å². The van der Waals surface area contributed by atoms with Gasteiger partial charge < -0.3 is 10.1 Å². The van der Waals surface area contributed by atoms with Crippen LogP contribution in [0.15, 0.2) is 73.1 Å². The first kappa shape index (κ1) is 18.1. The number of carbonyl (C=O) groups excluding carboxylic acids is 1. The molecule has 0 spiro atoms. The van der Waals surface area contributed by atoms with Crippen LogP contribution in [-0.2, 0) is 11.2 Å². The molecule has 136 valence electrons. The molecule has 0 fully saturated rings.